The van der Waals surface area contributed by atoms with Crippen LogP contribution in [-0.2, 0) is 32.3 Å². The molecule has 2 atom stereocenters. The standard InChI is InChI=1S/C34H65O7PSSi/c1-12-38-42(35,39-13-2)33(43(36,37)40-31-23-15-14-16-24-31)26-25-32(41-44(10,11)34(7,8)9)27-30(6)22-18-21-29(5)20-17-19-28(3)4/h19,21,27,31-33H,12-18,20,22-26H2,1-11H3/b29-21+,30-27+. The van der Waals surface area contributed by atoms with Crippen molar-refractivity contribution in [3.63, 3.8) is 0 Å². The molecule has 0 aromatic heterocycles. The predicted octanol–water partition coefficient (Wildman–Crippen LogP) is 10.8. The Labute approximate surface area is 272 Å². The first-order chi connectivity index (χ1) is 20.4. The minimum atomic E-state index is -4.25. The maximum atomic E-state index is 14.0. The Balaban J connectivity index is 3.29. The minimum Gasteiger partial charge on any atom is -0.411 e. The number of hydrogen-bond acceptors (Lipinski definition) is 7. The molecule has 0 saturated heterocycles. The Morgan fingerprint density at radius 3 is 1.95 bits per heavy atom. The zero-order valence-electron chi connectivity index (χ0n) is 29.9. The molecule has 0 aromatic carbocycles. The molecule has 0 N–H and O–H groups in total. The molecule has 1 fully saturated rings. The lowest BCUT2D eigenvalue weighted by molar-refractivity contribution is 0.157. The Bertz CT molecular complexity index is 1090. The van der Waals surface area contributed by atoms with Gasteiger partial charge in [0.1, 0.15) is 0 Å². The molecule has 10 heteroatoms. The van der Waals surface area contributed by atoms with Crippen LogP contribution in [0.15, 0.2) is 34.9 Å². The summed E-state index contributed by atoms with van der Waals surface area (Å²) in [6, 6.07) is 0. The molecular formula is C34H65O7PSSi. The van der Waals surface area contributed by atoms with Gasteiger partial charge in [0.2, 0.25) is 0 Å². The number of allylic oxidation sites excluding steroid dienone is 5. The highest BCUT2D eigenvalue weighted by molar-refractivity contribution is 7.94. The summed E-state index contributed by atoms with van der Waals surface area (Å²) < 4.78 is 65.4. The summed E-state index contributed by atoms with van der Waals surface area (Å²) in [5.41, 5.74) is 3.93. The molecular weight excluding hydrogens is 611 g/mol. The third kappa shape index (κ3) is 14.9. The molecule has 0 aliphatic heterocycles. The molecule has 1 rings (SSSR count). The smallest absolute Gasteiger partial charge is 0.351 e. The van der Waals surface area contributed by atoms with Crippen LogP contribution < -0.4 is 0 Å². The van der Waals surface area contributed by atoms with Crippen LogP contribution in [0.4, 0.5) is 0 Å². The van der Waals surface area contributed by atoms with Crippen LogP contribution in [0.2, 0.25) is 18.1 Å². The van der Waals surface area contributed by atoms with E-state index in [0.29, 0.717) is 19.3 Å². The zero-order chi connectivity index (χ0) is 33.6. The Kier molecular flexibility index (Phi) is 18.2. The van der Waals surface area contributed by atoms with Crippen molar-refractivity contribution < 1.29 is 30.6 Å². The van der Waals surface area contributed by atoms with Crippen molar-refractivity contribution in [2.45, 2.75) is 168 Å². The van der Waals surface area contributed by atoms with Gasteiger partial charge in [-0.3, -0.25) is 8.75 Å². The highest BCUT2D eigenvalue weighted by Crippen LogP contribution is 2.57. The first kappa shape index (κ1) is 41.5. The molecule has 0 heterocycles. The third-order valence-electron chi connectivity index (χ3n) is 8.67. The molecule has 0 radical (unpaired) electrons. The fourth-order valence-corrected chi connectivity index (χ4v) is 10.9. The normalized spacial score (nSPS) is 17.9. The van der Waals surface area contributed by atoms with E-state index in [9.17, 15) is 13.0 Å². The molecule has 1 aliphatic rings. The fourth-order valence-electron chi connectivity index (χ4n) is 5.11. The first-order valence-electron chi connectivity index (χ1n) is 16.8. The predicted molar refractivity (Wildman–Crippen MR) is 188 cm³/mol. The van der Waals surface area contributed by atoms with Crippen molar-refractivity contribution in [1.82, 2.24) is 0 Å². The molecule has 44 heavy (non-hydrogen) atoms. The largest absolute Gasteiger partial charge is 0.411 e. The molecule has 0 aromatic rings. The highest BCUT2D eigenvalue weighted by Gasteiger charge is 2.47. The van der Waals surface area contributed by atoms with Crippen LogP contribution in [0, 0.1) is 0 Å². The number of hydrogen-bond donors (Lipinski definition) is 0. The van der Waals surface area contributed by atoms with Gasteiger partial charge < -0.3 is 13.5 Å². The van der Waals surface area contributed by atoms with Gasteiger partial charge in [-0.1, -0.05) is 75.0 Å². The topological polar surface area (TPSA) is 88.1 Å². The van der Waals surface area contributed by atoms with Crippen molar-refractivity contribution in [3.05, 3.63) is 34.9 Å². The van der Waals surface area contributed by atoms with Crippen molar-refractivity contribution in [2.24, 2.45) is 0 Å². The van der Waals surface area contributed by atoms with E-state index >= 15 is 0 Å². The molecule has 0 bridgehead atoms. The quantitative estimate of drug-likeness (QED) is 0.0549. The van der Waals surface area contributed by atoms with Crippen molar-refractivity contribution in [2.75, 3.05) is 13.2 Å². The lowest BCUT2D eigenvalue weighted by Crippen LogP contribution is -2.44. The van der Waals surface area contributed by atoms with E-state index in [1.165, 1.54) is 16.7 Å². The van der Waals surface area contributed by atoms with Crippen molar-refractivity contribution in [3.8, 4) is 0 Å². The second-order valence-corrected chi connectivity index (χ2v) is 23.2. The molecule has 2 unspecified atom stereocenters. The van der Waals surface area contributed by atoms with Crippen LogP contribution in [-0.4, -0.2) is 47.1 Å². The lowest BCUT2D eigenvalue weighted by atomic mass is 9.98. The van der Waals surface area contributed by atoms with E-state index in [0.717, 1.165) is 44.9 Å². The maximum absolute atomic E-state index is 14.0. The van der Waals surface area contributed by atoms with Crippen LogP contribution in [0.5, 0.6) is 0 Å². The average Bonchev–Trinajstić information content (AvgIpc) is 2.88. The molecule has 0 spiro atoms. The molecule has 1 aliphatic carbocycles. The van der Waals surface area contributed by atoms with E-state index in [1.807, 2.05) is 0 Å². The fraction of sp³-hybridized carbons (Fsp3) is 0.824. The summed E-state index contributed by atoms with van der Waals surface area (Å²) in [5, 5.41) is -0.0281. The Morgan fingerprint density at radius 2 is 1.43 bits per heavy atom. The van der Waals surface area contributed by atoms with Gasteiger partial charge in [0.25, 0.3) is 10.1 Å². The van der Waals surface area contributed by atoms with E-state index in [-0.39, 0.29) is 30.8 Å². The Hall–Kier alpha value is -0.543. The van der Waals surface area contributed by atoms with Crippen LogP contribution in [0.3, 0.4) is 0 Å². The van der Waals surface area contributed by atoms with Gasteiger partial charge in [0.05, 0.1) is 25.4 Å². The Morgan fingerprint density at radius 1 is 0.886 bits per heavy atom. The molecule has 258 valence electrons. The van der Waals surface area contributed by atoms with E-state index in [1.54, 1.807) is 13.8 Å². The summed E-state index contributed by atoms with van der Waals surface area (Å²) in [4.78, 5) is -1.41. The SMILES string of the molecule is CCOP(=O)(OCC)C(CCC(/C=C(\C)CC/C=C(\C)CCC=C(C)C)O[Si](C)(C)C(C)(C)C)S(=O)(=O)OC1CCCCC1. The summed E-state index contributed by atoms with van der Waals surface area (Å²) in [6.07, 6.45) is 14.7. The van der Waals surface area contributed by atoms with Gasteiger partial charge in [-0.05, 0) is 111 Å². The first-order valence-corrected chi connectivity index (χ1v) is 22.8. The summed E-state index contributed by atoms with van der Waals surface area (Å²) in [6.45, 7) is 23.1. The lowest BCUT2D eigenvalue weighted by Gasteiger charge is -2.39. The van der Waals surface area contributed by atoms with Gasteiger partial charge in [0, 0.05) is 0 Å². The van der Waals surface area contributed by atoms with Gasteiger partial charge in [0.15, 0.2) is 13.3 Å². The second-order valence-electron chi connectivity index (χ2n) is 14.1. The average molecular weight is 677 g/mol. The molecule has 0 amide bonds. The zero-order valence-corrected chi connectivity index (χ0v) is 32.6. The van der Waals surface area contributed by atoms with E-state index < -0.39 is 37.1 Å². The molecule has 1 saturated carbocycles. The van der Waals surface area contributed by atoms with Gasteiger partial charge >= 0.3 is 7.60 Å². The van der Waals surface area contributed by atoms with E-state index in [2.05, 4.69) is 79.8 Å². The van der Waals surface area contributed by atoms with E-state index in [4.69, 9.17) is 17.7 Å². The van der Waals surface area contributed by atoms with Gasteiger partial charge in [-0.25, -0.2) is 0 Å². The summed E-state index contributed by atoms with van der Waals surface area (Å²) >= 11 is 0. The third-order valence-corrected chi connectivity index (χ3v) is 18.4. The number of rotatable bonds is 20. The van der Waals surface area contributed by atoms with Crippen molar-refractivity contribution in [1.29, 1.82) is 0 Å². The van der Waals surface area contributed by atoms with Gasteiger partial charge in [-0.2, -0.15) is 8.42 Å². The van der Waals surface area contributed by atoms with Crippen molar-refractivity contribution >= 4 is 26.0 Å². The summed E-state index contributed by atoms with van der Waals surface area (Å²) in [5.74, 6) is 0. The highest BCUT2D eigenvalue weighted by atomic mass is 32.2. The molecule has 7 nitrogen and oxygen atoms in total. The maximum Gasteiger partial charge on any atom is 0.351 e. The van der Waals surface area contributed by atoms with Gasteiger partial charge in [-0.15, -0.1) is 0 Å². The van der Waals surface area contributed by atoms with Crippen LogP contribution in [0.25, 0.3) is 0 Å². The monoisotopic (exact) mass is 676 g/mol. The summed E-state index contributed by atoms with van der Waals surface area (Å²) in [7, 11) is -10.5. The van der Waals surface area contributed by atoms with Crippen LogP contribution >= 0.6 is 7.60 Å². The van der Waals surface area contributed by atoms with Crippen LogP contribution in [0.1, 0.15) is 133 Å². The second kappa shape index (κ2) is 19.3. The minimum absolute atomic E-state index is 0.0281.